The number of alkyl halides is 1. The lowest BCUT2D eigenvalue weighted by Gasteiger charge is -2.26. The van der Waals surface area contributed by atoms with Crippen molar-refractivity contribution in [3.05, 3.63) is 57.8 Å². The smallest absolute Gasteiger partial charge is 0.413 e. The molecule has 1 aromatic heterocycles. The van der Waals surface area contributed by atoms with Crippen LogP contribution in [0.4, 0.5) is 5.88 Å². The van der Waals surface area contributed by atoms with Gasteiger partial charge in [0.05, 0.1) is 6.07 Å². The monoisotopic (exact) mass is 416 g/mol. The Balaban J connectivity index is 2.12. The van der Waals surface area contributed by atoms with Gasteiger partial charge in [-0.05, 0) is 45.0 Å². The summed E-state index contributed by atoms with van der Waals surface area (Å²) in [7, 11) is -2.07. The predicted octanol–water partition coefficient (Wildman–Crippen LogP) is 5.15. The SMILES string of the molecule is Cc1ccc(OP(=O)(OCc2ccc([N+](=O)[O-])o2)N(C)CCCCCl)cc1. The summed E-state index contributed by atoms with van der Waals surface area (Å²) in [5.41, 5.74) is 1.04. The van der Waals surface area contributed by atoms with E-state index in [9.17, 15) is 14.7 Å². The second kappa shape index (κ2) is 9.90. The van der Waals surface area contributed by atoms with E-state index in [2.05, 4.69) is 0 Å². The van der Waals surface area contributed by atoms with Crippen LogP contribution in [0.25, 0.3) is 0 Å². The largest absolute Gasteiger partial charge is 0.461 e. The molecule has 0 fully saturated rings. The van der Waals surface area contributed by atoms with Crippen molar-refractivity contribution in [3.63, 3.8) is 0 Å². The Kier molecular flexibility index (Phi) is 7.86. The molecule has 0 aliphatic rings. The highest BCUT2D eigenvalue weighted by Crippen LogP contribution is 2.51. The second-order valence-corrected chi connectivity index (χ2v) is 8.36. The molecule has 2 rings (SSSR count). The lowest BCUT2D eigenvalue weighted by Crippen LogP contribution is -2.21. The van der Waals surface area contributed by atoms with Crippen molar-refractivity contribution in [2.75, 3.05) is 19.5 Å². The highest BCUT2D eigenvalue weighted by Gasteiger charge is 2.33. The van der Waals surface area contributed by atoms with E-state index < -0.39 is 18.6 Å². The number of benzene rings is 1. The Morgan fingerprint density at radius 3 is 2.52 bits per heavy atom. The maximum Gasteiger partial charge on any atom is 0.461 e. The summed E-state index contributed by atoms with van der Waals surface area (Å²) < 4.78 is 31.1. The molecule has 8 nitrogen and oxygen atoms in total. The molecule has 0 saturated carbocycles. The van der Waals surface area contributed by atoms with Crippen LogP contribution in [0.5, 0.6) is 5.75 Å². The third kappa shape index (κ3) is 6.36. The van der Waals surface area contributed by atoms with Crippen LogP contribution in [0.1, 0.15) is 24.2 Å². The first kappa shape index (κ1) is 21.4. The van der Waals surface area contributed by atoms with Crippen LogP contribution >= 0.6 is 19.3 Å². The number of unbranched alkanes of at least 4 members (excludes halogenated alkanes) is 1. The molecule has 0 aliphatic heterocycles. The van der Waals surface area contributed by atoms with Crippen molar-refractivity contribution >= 4 is 25.2 Å². The van der Waals surface area contributed by atoms with Crippen LogP contribution in [-0.2, 0) is 15.7 Å². The van der Waals surface area contributed by atoms with Crippen molar-refractivity contribution in [2.24, 2.45) is 0 Å². The summed E-state index contributed by atoms with van der Waals surface area (Å²) in [5.74, 6) is 0.689. The van der Waals surface area contributed by atoms with E-state index in [0.717, 1.165) is 18.4 Å². The molecule has 1 atom stereocenters. The van der Waals surface area contributed by atoms with Gasteiger partial charge in [0.1, 0.15) is 23.0 Å². The summed E-state index contributed by atoms with van der Waals surface area (Å²) >= 11 is 5.70. The molecule has 0 saturated heterocycles. The Morgan fingerprint density at radius 2 is 1.93 bits per heavy atom. The molecule has 0 N–H and O–H groups in total. The van der Waals surface area contributed by atoms with Crippen LogP contribution in [0.2, 0.25) is 0 Å². The summed E-state index contributed by atoms with van der Waals surface area (Å²) in [6, 6.07) is 9.70. The molecule has 27 heavy (non-hydrogen) atoms. The van der Waals surface area contributed by atoms with E-state index in [1.54, 1.807) is 19.2 Å². The molecule has 0 aliphatic carbocycles. The lowest BCUT2D eigenvalue weighted by molar-refractivity contribution is -0.402. The van der Waals surface area contributed by atoms with Gasteiger partial charge in [-0.2, -0.15) is 0 Å². The van der Waals surface area contributed by atoms with E-state index in [1.165, 1.54) is 16.8 Å². The van der Waals surface area contributed by atoms with Crippen LogP contribution < -0.4 is 4.52 Å². The van der Waals surface area contributed by atoms with Gasteiger partial charge in [-0.1, -0.05) is 17.7 Å². The molecule has 0 spiro atoms. The van der Waals surface area contributed by atoms with E-state index in [-0.39, 0.29) is 12.4 Å². The predicted molar refractivity (Wildman–Crippen MR) is 102 cm³/mol. The molecule has 1 unspecified atom stereocenters. The molecule has 0 bridgehead atoms. The van der Waals surface area contributed by atoms with E-state index in [0.29, 0.717) is 18.2 Å². The van der Waals surface area contributed by atoms with Crippen LogP contribution in [0, 0.1) is 17.0 Å². The minimum Gasteiger partial charge on any atom is -0.413 e. The minimum atomic E-state index is -3.71. The molecular weight excluding hydrogens is 395 g/mol. The number of rotatable bonds is 11. The quantitative estimate of drug-likeness (QED) is 0.164. The van der Waals surface area contributed by atoms with Gasteiger partial charge in [0, 0.05) is 12.4 Å². The van der Waals surface area contributed by atoms with Crippen LogP contribution in [0.15, 0.2) is 40.8 Å². The number of halogens is 1. The third-order valence-electron chi connectivity index (χ3n) is 3.72. The molecular formula is C17H22ClN2O6P. The number of hydrogen-bond donors (Lipinski definition) is 0. The van der Waals surface area contributed by atoms with Crippen molar-refractivity contribution in [1.82, 2.24) is 4.67 Å². The molecule has 148 valence electrons. The van der Waals surface area contributed by atoms with Gasteiger partial charge in [0.2, 0.25) is 0 Å². The fraction of sp³-hybridized carbons (Fsp3) is 0.412. The molecule has 1 aromatic carbocycles. The van der Waals surface area contributed by atoms with E-state index in [4.69, 9.17) is 25.1 Å². The van der Waals surface area contributed by atoms with Crippen molar-refractivity contribution < 1.29 is 23.0 Å². The summed E-state index contributed by atoms with van der Waals surface area (Å²) in [5, 5.41) is 10.7. The molecule has 0 amide bonds. The standard InChI is InChI=1S/C17H22ClN2O6P/c1-14-5-7-15(8-6-14)26-27(23,19(2)12-4-3-11-18)24-13-16-9-10-17(25-16)20(21)22/h5-10H,3-4,11-13H2,1-2H3. The maximum absolute atomic E-state index is 13.3. The second-order valence-electron chi connectivity index (χ2n) is 5.92. The molecule has 10 heteroatoms. The third-order valence-corrected chi connectivity index (χ3v) is 5.92. The first-order valence-electron chi connectivity index (χ1n) is 8.35. The average Bonchev–Trinajstić information content (AvgIpc) is 3.11. The van der Waals surface area contributed by atoms with Gasteiger partial charge in [0.15, 0.2) is 0 Å². The Morgan fingerprint density at radius 1 is 1.22 bits per heavy atom. The molecule has 2 aromatic rings. The number of nitrogens with zero attached hydrogens (tertiary/aromatic N) is 2. The van der Waals surface area contributed by atoms with Gasteiger partial charge in [-0.25, -0.2) is 9.24 Å². The van der Waals surface area contributed by atoms with Gasteiger partial charge < -0.3 is 8.94 Å². The summed E-state index contributed by atoms with van der Waals surface area (Å²) in [6.45, 7) is 2.16. The first-order chi connectivity index (χ1) is 12.8. The number of nitro groups is 1. The number of aryl methyl sites for hydroxylation is 1. The maximum atomic E-state index is 13.3. The zero-order valence-electron chi connectivity index (χ0n) is 15.2. The van der Waals surface area contributed by atoms with Crippen molar-refractivity contribution in [3.8, 4) is 5.75 Å². The van der Waals surface area contributed by atoms with Crippen LogP contribution in [0.3, 0.4) is 0 Å². The van der Waals surface area contributed by atoms with Gasteiger partial charge in [0.25, 0.3) is 0 Å². The Labute approximate surface area is 162 Å². The molecule has 1 heterocycles. The Bertz CT molecular complexity index is 795. The zero-order valence-corrected chi connectivity index (χ0v) is 16.8. The lowest BCUT2D eigenvalue weighted by atomic mass is 10.2. The summed E-state index contributed by atoms with van der Waals surface area (Å²) in [4.78, 5) is 10.1. The fourth-order valence-corrected chi connectivity index (χ4v) is 3.82. The minimum absolute atomic E-state index is 0.184. The average molecular weight is 417 g/mol. The number of furan rings is 1. The Hall–Kier alpha value is -1.86. The number of hydrogen-bond acceptors (Lipinski definition) is 6. The van der Waals surface area contributed by atoms with Gasteiger partial charge >= 0.3 is 13.6 Å². The normalized spacial score (nSPS) is 13.5. The molecule has 0 radical (unpaired) electrons. The van der Waals surface area contributed by atoms with Crippen molar-refractivity contribution in [1.29, 1.82) is 0 Å². The van der Waals surface area contributed by atoms with E-state index in [1.807, 2.05) is 19.1 Å². The highest BCUT2D eigenvalue weighted by atomic mass is 35.5. The topological polar surface area (TPSA) is 95.0 Å². The van der Waals surface area contributed by atoms with E-state index >= 15 is 0 Å². The first-order valence-corrected chi connectivity index (χ1v) is 10.4. The highest BCUT2D eigenvalue weighted by molar-refractivity contribution is 7.51. The van der Waals surface area contributed by atoms with Gasteiger partial charge in [-0.3, -0.25) is 14.6 Å². The van der Waals surface area contributed by atoms with Crippen molar-refractivity contribution in [2.45, 2.75) is 26.4 Å². The summed E-state index contributed by atoms with van der Waals surface area (Å²) in [6.07, 6.45) is 1.48. The van der Waals surface area contributed by atoms with Gasteiger partial charge in [-0.15, -0.1) is 11.6 Å². The zero-order chi connectivity index (χ0) is 19.9. The fourth-order valence-electron chi connectivity index (χ4n) is 2.17. The van der Waals surface area contributed by atoms with Crippen LogP contribution in [-0.4, -0.2) is 29.1 Å².